The van der Waals surface area contributed by atoms with Crippen molar-refractivity contribution in [1.82, 2.24) is 20.1 Å². The molecule has 0 saturated carbocycles. The summed E-state index contributed by atoms with van der Waals surface area (Å²) < 4.78 is 23.2. The number of aliphatic hydroxyl groups excluding tert-OH is 1. The van der Waals surface area contributed by atoms with E-state index < -0.39 is 42.4 Å². The Morgan fingerprint density at radius 3 is 2.40 bits per heavy atom. The number of carbonyl (C=O) groups is 4. The molecule has 57 heavy (non-hydrogen) atoms. The van der Waals surface area contributed by atoms with Crippen molar-refractivity contribution in [1.29, 1.82) is 0 Å². The van der Waals surface area contributed by atoms with Crippen molar-refractivity contribution < 1.29 is 42.9 Å². The van der Waals surface area contributed by atoms with Gasteiger partial charge in [0.15, 0.2) is 6.61 Å². The molecule has 3 atom stereocenters. The van der Waals surface area contributed by atoms with E-state index in [9.17, 15) is 24.3 Å². The molecule has 1 saturated heterocycles. The van der Waals surface area contributed by atoms with Gasteiger partial charge in [0.05, 0.1) is 23.2 Å². The van der Waals surface area contributed by atoms with Crippen LogP contribution >= 0.6 is 0 Å². The second-order valence-corrected chi connectivity index (χ2v) is 14.4. The number of alkyl carbamates (subject to hydrolysis) is 1. The molecular formula is C44H44N4O9. The fourth-order valence-electron chi connectivity index (χ4n) is 7.04. The molecule has 3 N–H and O–H groups in total. The minimum absolute atomic E-state index is 0.0375. The molecule has 1 aliphatic rings. The standard InChI is InChI=1S/C44H44N4O9/c1-29(31-10-4-3-5-11-31)45-41(51)44(2,46-42(52)54-27-36-22-33-12-6-9-15-39(33)57-36)23-34-25-48(38-14-8-7-13-37(34)38)43(53)56-28-55-40(50)32-18-16-30(17-19-32)24-47-21-20-35(49)26-47/h3-19,22,25,29,35,49H,20-21,23-24,26-28H2,1-2H3,(H,45,51)(H,46,52)/t29-,35?,44?/m0/s1. The largest absolute Gasteiger partial charge is 0.457 e. The number of aromatic nitrogens is 1. The van der Waals surface area contributed by atoms with Crippen LogP contribution in [0.1, 0.15) is 59.1 Å². The Morgan fingerprint density at radius 2 is 1.65 bits per heavy atom. The number of likely N-dealkylation sites (tertiary alicyclic amines) is 1. The van der Waals surface area contributed by atoms with Gasteiger partial charge in [-0.1, -0.05) is 78.9 Å². The highest BCUT2D eigenvalue weighted by atomic mass is 16.7. The number of nitrogens with zero attached hydrogens (tertiary/aromatic N) is 2. The molecule has 0 aliphatic carbocycles. The lowest BCUT2D eigenvalue weighted by atomic mass is 9.91. The predicted octanol–water partition coefficient (Wildman–Crippen LogP) is 6.86. The third-order valence-corrected chi connectivity index (χ3v) is 10.1. The van der Waals surface area contributed by atoms with Crippen molar-refractivity contribution >= 4 is 45.9 Å². The lowest BCUT2D eigenvalue weighted by Crippen LogP contribution is -2.58. The van der Waals surface area contributed by atoms with Gasteiger partial charge in [-0.3, -0.25) is 14.3 Å². The summed E-state index contributed by atoms with van der Waals surface area (Å²) in [7, 11) is 0. The number of carbonyl (C=O) groups excluding carboxylic acids is 4. The van der Waals surface area contributed by atoms with Crippen LogP contribution in [0.15, 0.2) is 120 Å². The van der Waals surface area contributed by atoms with Crippen LogP contribution in [0.4, 0.5) is 9.59 Å². The van der Waals surface area contributed by atoms with Crippen molar-refractivity contribution in [2.45, 2.75) is 57.5 Å². The van der Waals surface area contributed by atoms with E-state index in [1.54, 1.807) is 55.6 Å². The first-order chi connectivity index (χ1) is 27.5. The van der Waals surface area contributed by atoms with Crippen LogP contribution in [0.5, 0.6) is 0 Å². The number of fused-ring (bicyclic) bond motifs is 2. The van der Waals surface area contributed by atoms with Gasteiger partial charge in [-0.05, 0) is 67.3 Å². The van der Waals surface area contributed by atoms with Crippen molar-refractivity contribution in [3.63, 3.8) is 0 Å². The summed E-state index contributed by atoms with van der Waals surface area (Å²) in [5.74, 6) is -0.696. The minimum Gasteiger partial charge on any atom is -0.457 e. The topological polar surface area (TPSA) is 162 Å². The maximum Gasteiger partial charge on any atom is 0.421 e. The minimum atomic E-state index is -1.56. The molecule has 7 rings (SSSR count). The van der Waals surface area contributed by atoms with Crippen molar-refractivity contribution in [2.24, 2.45) is 0 Å². The fourth-order valence-corrected chi connectivity index (χ4v) is 7.04. The number of rotatable bonds is 13. The number of aliphatic hydroxyl groups is 1. The highest BCUT2D eigenvalue weighted by Crippen LogP contribution is 2.27. The van der Waals surface area contributed by atoms with E-state index in [0.29, 0.717) is 46.5 Å². The summed E-state index contributed by atoms with van der Waals surface area (Å²) in [6.45, 7) is 4.74. The number of amides is 2. The molecular weight excluding hydrogens is 729 g/mol. The first kappa shape index (κ1) is 38.8. The molecule has 6 aromatic rings. The second kappa shape index (κ2) is 17.1. The zero-order chi connectivity index (χ0) is 39.9. The molecule has 2 aromatic heterocycles. The van der Waals surface area contributed by atoms with Crippen LogP contribution < -0.4 is 10.6 Å². The molecule has 3 heterocycles. The molecule has 0 bridgehead atoms. The number of nitrogens with one attached hydrogen (secondary N) is 2. The maximum atomic E-state index is 14.1. The Balaban J connectivity index is 1.04. The summed E-state index contributed by atoms with van der Waals surface area (Å²) >= 11 is 0. The average Bonchev–Trinajstić information content (AvgIpc) is 3.94. The molecule has 1 fully saturated rings. The van der Waals surface area contributed by atoms with Gasteiger partial charge in [0.25, 0.3) is 0 Å². The van der Waals surface area contributed by atoms with Gasteiger partial charge in [0.1, 0.15) is 16.9 Å². The van der Waals surface area contributed by atoms with Gasteiger partial charge in [-0.25, -0.2) is 14.4 Å². The molecule has 13 heteroatoms. The third kappa shape index (κ3) is 9.34. The van der Waals surface area contributed by atoms with Crippen molar-refractivity contribution in [2.75, 3.05) is 19.9 Å². The van der Waals surface area contributed by atoms with E-state index >= 15 is 0 Å². The van der Waals surface area contributed by atoms with Crippen LogP contribution in [0.2, 0.25) is 0 Å². The van der Waals surface area contributed by atoms with Crippen LogP contribution in [0, 0.1) is 0 Å². The first-order valence-electron chi connectivity index (χ1n) is 18.8. The SMILES string of the molecule is C[C@H](NC(=O)C(C)(Cc1cn(C(=O)OCOC(=O)c2ccc(CN3CCC(O)C3)cc2)c2ccccc12)NC(=O)OCc1cc2ccccc2o1)c1ccccc1. The number of β-amino-alcohol motifs (C(OH)–C–C–N with tert-alkyl or cyclic N) is 1. The average molecular weight is 773 g/mol. The number of esters is 1. The quantitative estimate of drug-likeness (QED) is 0.0836. The maximum absolute atomic E-state index is 14.1. The lowest BCUT2D eigenvalue weighted by Gasteiger charge is -2.30. The van der Waals surface area contributed by atoms with Crippen LogP contribution in [-0.4, -0.2) is 70.2 Å². The van der Waals surface area contributed by atoms with E-state index in [-0.39, 0.29) is 19.1 Å². The number of para-hydroxylation sites is 2. The summed E-state index contributed by atoms with van der Waals surface area (Å²) in [5, 5.41) is 17.1. The number of benzene rings is 4. The van der Waals surface area contributed by atoms with Gasteiger partial charge in [0.2, 0.25) is 12.7 Å². The third-order valence-electron chi connectivity index (χ3n) is 10.1. The molecule has 2 amide bonds. The lowest BCUT2D eigenvalue weighted by molar-refractivity contribution is -0.127. The van der Waals surface area contributed by atoms with E-state index in [1.807, 2.05) is 73.7 Å². The molecule has 1 aliphatic heterocycles. The Kier molecular flexibility index (Phi) is 11.7. The second-order valence-electron chi connectivity index (χ2n) is 14.4. The van der Waals surface area contributed by atoms with Gasteiger partial charge in [0, 0.05) is 43.0 Å². The van der Waals surface area contributed by atoms with Crippen molar-refractivity contribution in [3.8, 4) is 0 Å². The molecule has 0 radical (unpaired) electrons. The normalized spacial score (nSPS) is 15.8. The zero-order valence-corrected chi connectivity index (χ0v) is 31.7. The van der Waals surface area contributed by atoms with Gasteiger partial charge in [-0.15, -0.1) is 0 Å². The molecule has 2 unspecified atom stereocenters. The van der Waals surface area contributed by atoms with Crippen molar-refractivity contribution in [3.05, 3.63) is 143 Å². The number of ether oxygens (including phenoxy) is 3. The Morgan fingerprint density at radius 1 is 0.912 bits per heavy atom. The Hall–Kier alpha value is -6.44. The fraction of sp³-hybridized carbons (Fsp3) is 0.273. The van der Waals surface area contributed by atoms with Gasteiger partial charge >= 0.3 is 18.2 Å². The summed E-state index contributed by atoms with van der Waals surface area (Å²) in [4.78, 5) is 55.8. The van der Waals surface area contributed by atoms with E-state index in [2.05, 4.69) is 15.5 Å². The molecule has 4 aromatic carbocycles. The number of hydrogen-bond acceptors (Lipinski definition) is 10. The van der Waals surface area contributed by atoms with Gasteiger partial charge in [-0.2, -0.15) is 0 Å². The zero-order valence-electron chi connectivity index (χ0n) is 31.7. The highest BCUT2D eigenvalue weighted by Gasteiger charge is 2.38. The smallest absolute Gasteiger partial charge is 0.421 e. The summed E-state index contributed by atoms with van der Waals surface area (Å²) in [6, 6.07) is 32.3. The van der Waals surface area contributed by atoms with Crippen LogP contribution in [0.3, 0.4) is 0 Å². The predicted molar refractivity (Wildman–Crippen MR) is 211 cm³/mol. The Bertz CT molecular complexity index is 2340. The van der Waals surface area contributed by atoms with E-state index in [0.717, 1.165) is 29.5 Å². The Labute approximate surface area is 329 Å². The molecule has 294 valence electrons. The first-order valence-corrected chi connectivity index (χ1v) is 18.8. The van der Waals surface area contributed by atoms with E-state index in [1.165, 1.54) is 4.57 Å². The molecule has 0 spiro atoms. The molecule has 13 nitrogen and oxygen atoms in total. The number of hydrogen-bond donors (Lipinski definition) is 3. The van der Waals surface area contributed by atoms with Crippen LogP contribution in [-0.2, 0) is 38.6 Å². The van der Waals surface area contributed by atoms with E-state index in [4.69, 9.17) is 18.6 Å². The highest BCUT2D eigenvalue weighted by molar-refractivity contribution is 5.95. The van der Waals surface area contributed by atoms with Crippen LogP contribution in [0.25, 0.3) is 21.9 Å². The summed E-state index contributed by atoms with van der Waals surface area (Å²) in [5.41, 5.74) is 2.31. The number of furan rings is 1. The monoisotopic (exact) mass is 772 g/mol. The van der Waals surface area contributed by atoms with Gasteiger partial charge < -0.3 is 34.4 Å². The summed E-state index contributed by atoms with van der Waals surface area (Å²) in [6.07, 6.45) is 0.285.